The van der Waals surface area contributed by atoms with E-state index >= 15 is 0 Å². The van der Waals surface area contributed by atoms with Crippen molar-refractivity contribution in [2.24, 2.45) is 0 Å². The first kappa shape index (κ1) is 25.3. The second kappa shape index (κ2) is 14.9. The molecule has 0 amide bonds. The average molecular weight is 445 g/mol. The maximum absolute atomic E-state index is 12.5. The number of esters is 1. The predicted molar refractivity (Wildman–Crippen MR) is 130 cm³/mol. The fraction of sp³-hybridized carbons (Fsp3) is 0.519. The van der Waals surface area contributed by atoms with Crippen LogP contribution >= 0.6 is 11.6 Å². The highest BCUT2D eigenvalue weighted by molar-refractivity contribution is 6.33. The fourth-order valence-corrected chi connectivity index (χ4v) is 3.71. The molecule has 0 fully saturated rings. The monoisotopic (exact) mass is 444 g/mol. The molecule has 3 nitrogen and oxygen atoms in total. The lowest BCUT2D eigenvalue weighted by Gasteiger charge is -2.10. The van der Waals surface area contributed by atoms with Gasteiger partial charge >= 0.3 is 5.97 Å². The zero-order valence-electron chi connectivity index (χ0n) is 19.1. The van der Waals surface area contributed by atoms with Crippen molar-refractivity contribution in [3.63, 3.8) is 0 Å². The standard InChI is InChI=1S/C27H37ClO3/c1-3-5-7-9-10-11-13-22-14-16-23(17-15-22)31-27(29)25-19-18-24(21-26(25)28)30-20-12-8-6-4-2/h14-19,21H,3-13,20H2,1-2H3. The van der Waals surface area contributed by atoms with Crippen LogP contribution in [0, 0.1) is 0 Å². The van der Waals surface area contributed by atoms with Gasteiger partial charge in [0.1, 0.15) is 11.5 Å². The van der Waals surface area contributed by atoms with Gasteiger partial charge in [-0.05, 0) is 55.2 Å². The number of aryl methyl sites for hydroxylation is 1. The molecule has 0 unspecified atom stereocenters. The summed E-state index contributed by atoms with van der Waals surface area (Å²) in [6.07, 6.45) is 13.4. The molecule has 2 aromatic carbocycles. The number of carbonyl (C=O) groups excluding carboxylic acids is 1. The van der Waals surface area contributed by atoms with Crippen molar-refractivity contribution in [3.8, 4) is 11.5 Å². The van der Waals surface area contributed by atoms with E-state index in [-0.39, 0.29) is 0 Å². The summed E-state index contributed by atoms with van der Waals surface area (Å²) in [5, 5.41) is 0.343. The molecule has 0 spiro atoms. The lowest BCUT2D eigenvalue weighted by molar-refractivity contribution is 0.0735. The van der Waals surface area contributed by atoms with Crippen LogP contribution in [0.3, 0.4) is 0 Å². The summed E-state index contributed by atoms with van der Waals surface area (Å²) in [5.41, 5.74) is 1.62. The minimum absolute atomic E-state index is 0.343. The molecule has 0 N–H and O–H groups in total. The number of ether oxygens (including phenoxy) is 2. The third-order valence-corrected chi connectivity index (χ3v) is 5.69. The average Bonchev–Trinajstić information content (AvgIpc) is 2.77. The van der Waals surface area contributed by atoms with Gasteiger partial charge in [0.2, 0.25) is 0 Å². The SMILES string of the molecule is CCCCCCCCc1ccc(OC(=O)c2ccc(OCCCCCC)cc2Cl)cc1. The van der Waals surface area contributed by atoms with Gasteiger partial charge in [-0.15, -0.1) is 0 Å². The van der Waals surface area contributed by atoms with Gasteiger partial charge in [-0.3, -0.25) is 0 Å². The van der Waals surface area contributed by atoms with E-state index in [2.05, 4.69) is 13.8 Å². The minimum atomic E-state index is -0.455. The van der Waals surface area contributed by atoms with Crippen LogP contribution in [0.25, 0.3) is 0 Å². The molecular weight excluding hydrogens is 408 g/mol. The molecule has 0 atom stereocenters. The highest BCUT2D eigenvalue weighted by Crippen LogP contribution is 2.25. The molecule has 2 rings (SSSR count). The molecule has 4 heteroatoms. The van der Waals surface area contributed by atoms with E-state index in [0.29, 0.717) is 28.7 Å². The van der Waals surface area contributed by atoms with Crippen molar-refractivity contribution >= 4 is 17.6 Å². The number of carbonyl (C=O) groups is 1. The van der Waals surface area contributed by atoms with Crippen LogP contribution < -0.4 is 9.47 Å². The van der Waals surface area contributed by atoms with Crippen LogP contribution in [-0.2, 0) is 6.42 Å². The number of hydrogen-bond acceptors (Lipinski definition) is 3. The Morgan fingerprint density at radius 1 is 0.774 bits per heavy atom. The van der Waals surface area contributed by atoms with Crippen LogP contribution in [0.4, 0.5) is 0 Å². The van der Waals surface area contributed by atoms with Crippen molar-refractivity contribution in [2.75, 3.05) is 6.61 Å². The molecule has 0 saturated heterocycles. The van der Waals surface area contributed by atoms with Crippen LogP contribution in [0.5, 0.6) is 11.5 Å². The third-order valence-electron chi connectivity index (χ3n) is 5.38. The Bertz CT molecular complexity index is 771. The van der Waals surface area contributed by atoms with E-state index in [1.807, 2.05) is 24.3 Å². The van der Waals surface area contributed by atoms with Crippen molar-refractivity contribution in [3.05, 3.63) is 58.6 Å². The Labute approximate surface area is 193 Å². The summed E-state index contributed by atoms with van der Waals surface area (Å²) in [4.78, 5) is 12.5. The summed E-state index contributed by atoms with van der Waals surface area (Å²) in [6, 6.07) is 12.9. The summed E-state index contributed by atoms with van der Waals surface area (Å²) < 4.78 is 11.2. The first-order valence-corrected chi connectivity index (χ1v) is 12.2. The summed E-state index contributed by atoms with van der Waals surface area (Å²) in [5.74, 6) is 0.754. The molecule has 0 heterocycles. The summed E-state index contributed by atoms with van der Waals surface area (Å²) in [7, 11) is 0. The second-order valence-corrected chi connectivity index (χ2v) is 8.51. The van der Waals surface area contributed by atoms with E-state index in [9.17, 15) is 4.79 Å². The third kappa shape index (κ3) is 9.78. The largest absolute Gasteiger partial charge is 0.494 e. The van der Waals surface area contributed by atoms with Crippen LogP contribution in [0.2, 0.25) is 5.02 Å². The highest BCUT2D eigenvalue weighted by atomic mass is 35.5. The second-order valence-electron chi connectivity index (χ2n) is 8.10. The van der Waals surface area contributed by atoms with Crippen LogP contribution in [0.15, 0.2) is 42.5 Å². The van der Waals surface area contributed by atoms with Gasteiger partial charge in [-0.25, -0.2) is 4.79 Å². The normalized spacial score (nSPS) is 10.8. The van der Waals surface area contributed by atoms with Gasteiger partial charge in [0.05, 0.1) is 17.2 Å². The molecule has 2 aromatic rings. The topological polar surface area (TPSA) is 35.5 Å². The van der Waals surface area contributed by atoms with Crippen molar-refractivity contribution in [2.45, 2.75) is 84.5 Å². The summed E-state index contributed by atoms with van der Waals surface area (Å²) in [6.45, 7) is 5.08. The van der Waals surface area contributed by atoms with E-state index in [4.69, 9.17) is 21.1 Å². The van der Waals surface area contributed by atoms with Crippen molar-refractivity contribution in [1.82, 2.24) is 0 Å². The molecule has 0 bridgehead atoms. The summed E-state index contributed by atoms with van der Waals surface area (Å²) >= 11 is 6.30. The molecule has 0 radical (unpaired) electrons. The number of halogens is 1. The fourth-order valence-electron chi connectivity index (χ4n) is 3.47. The van der Waals surface area contributed by atoms with E-state index in [1.165, 1.54) is 56.9 Å². The van der Waals surface area contributed by atoms with Gasteiger partial charge in [0, 0.05) is 0 Å². The van der Waals surface area contributed by atoms with Gasteiger partial charge in [0.25, 0.3) is 0 Å². The van der Waals surface area contributed by atoms with Crippen LogP contribution in [-0.4, -0.2) is 12.6 Å². The van der Waals surface area contributed by atoms with E-state index < -0.39 is 5.97 Å². The molecule has 31 heavy (non-hydrogen) atoms. The number of rotatable bonds is 15. The van der Waals surface area contributed by atoms with Gasteiger partial charge in [-0.1, -0.05) is 88.9 Å². The molecule has 0 aromatic heterocycles. The Morgan fingerprint density at radius 3 is 2.06 bits per heavy atom. The smallest absolute Gasteiger partial charge is 0.345 e. The van der Waals surface area contributed by atoms with Crippen LogP contribution in [0.1, 0.15) is 94.0 Å². The van der Waals surface area contributed by atoms with E-state index in [1.54, 1.807) is 18.2 Å². The first-order chi connectivity index (χ1) is 15.1. The predicted octanol–water partition coefficient (Wildman–Crippen LogP) is 8.42. The molecule has 0 aliphatic heterocycles. The minimum Gasteiger partial charge on any atom is -0.494 e. The molecule has 0 aliphatic rings. The van der Waals surface area contributed by atoms with E-state index in [0.717, 1.165) is 19.3 Å². The van der Waals surface area contributed by atoms with Crippen molar-refractivity contribution in [1.29, 1.82) is 0 Å². The Balaban J connectivity index is 1.79. The number of benzene rings is 2. The molecular formula is C27H37ClO3. The lowest BCUT2D eigenvalue weighted by atomic mass is 10.0. The highest BCUT2D eigenvalue weighted by Gasteiger charge is 2.14. The Morgan fingerprint density at radius 2 is 1.39 bits per heavy atom. The van der Waals surface area contributed by atoms with Gasteiger partial charge in [0.15, 0.2) is 0 Å². The quantitative estimate of drug-likeness (QED) is 0.157. The lowest BCUT2D eigenvalue weighted by Crippen LogP contribution is -2.09. The maximum atomic E-state index is 12.5. The molecule has 0 saturated carbocycles. The Hall–Kier alpha value is -2.00. The van der Waals surface area contributed by atoms with Gasteiger partial charge < -0.3 is 9.47 Å². The first-order valence-electron chi connectivity index (χ1n) is 11.9. The van der Waals surface area contributed by atoms with Gasteiger partial charge in [-0.2, -0.15) is 0 Å². The number of hydrogen-bond donors (Lipinski definition) is 0. The number of unbranched alkanes of at least 4 members (excludes halogenated alkanes) is 8. The maximum Gasteiger partial charge on any atom is 0.345 e. The van der Waals surface area contributed by atoms with Crippen molar-refractivity contribution < 1.29 is 14.3 Å². The Kier molecular flexibility index (Phi) is 12.2. The zero-order valence-corrected chi connectivity index (χ0v) is 19.9. The molecule has 170 valence electrons. The zero-order chi connectivity index (χ0) is 22.3. The molecule has 0 aliphatic carbocycles.